The van der Waals surface area contributed by atoms with Crippen LogP contribution in [-0.2, 0) is 24.8 Å². The van der Waals surface area contributed by atoms with Crippen molar-refractivity contribution >= 4 is 43.0 Å². The number of hydrogen-bond acceptors (Lipinski definition) is 9. The summed E-state index contributed by atoms with van der Waals surface area (Å²) in [5.74, 6) is -0.511. The molecular weight excluding hydrogens is 663 g/mol. The van der Waals surface area contributed by atoms with E-state index in [1.807, 2.05) is 20.8 Å². The highest BCUT2D eigenvalue weighted by Crippen LogP contribution is 2.30. The highest BCUT2D eigenvalue weighted by Gasteiger charge is 2.32. The Labute approximate surface area is 282 Å². The predicted octanol–water partition coefficient (Wildman–Crippen LogP) is 4.97. The molecule has 0 spiro atoms. The van der Waals surface area contributed by atoms with E-state index in [9.17, 15) is 26.7 Å². The average Bonchev–Trinajstić information content (AvgIpc) is 3.59. The Bertz CT molecular complexity index is 1700. The monoisotopic (exact) mass is 707 g/mol. The second kappa shape index (κ2) is 15.9. The molecule has 4 rings (SSSR count). The van der Waals surface area contributed by atoms with E-state index in [2.05, 4.69) is 4.72 Å². The zero-order chi connectivity index (χ0) is 34.4. The van der Waals surface area contributed by atoms with Crippen LogP contribution in [0.5, 0.6) is 5.75 Å². The normalized spacial score (nSPS) is 21.0. The number of rotatable bonds is 9. The fourth-order valence-electron chi connectivity index (χ4n) is 5.31. The fourth-order valence-corrected chi connectivity index (χ4v) is 8.54. The molecule has 4 atom stereocenters. The summed E-state index contributed by atoms with van der Waals surface area (Å²) in [6, 6.07) is 13.8. The highest BCUT2D eigenvalue weighted by atomic mass is 32.2. The van der Waals surface area contributed by atoms with Crippen LogP contribution >= 0.6 is 11.3 Å². The standard InChI is InChI=1S/C33H45N3O8S3/c1-23-11-14-28(15-12-23)47(41,42)35(5)21-31-24(2)20-36(25(3)22-37)33(38)29-19-27(34-46(39,40)32-10-8-18-45-32)13-16-30(29)44-26(4)9-6-7-17-43-31/h8,10-16,18-19,24-26,31,34,37H,6-7,9,17,20-22H2,1-5H3/t24-,25-,26+,31-/m1/s1. The molecule has 1 aliphatic rings. The second-order valence-electron chi connectivity index (χ2n) is 12.1. The smallest absolute Gasteiger partial charge is 0.271 e. The number of aliphatic hydroxyl groups excluding tert-OH is 1. The number of ether oxygens (including phenoxy) is 2. The van der Waals surface area contributed by atoms with Gasteiger partial charge in [0.25, 0.3) is 15.9 Å². The summed E-state index contributed by atoms with van der Waals surface area (Å²) in [5, 5.41) is 11.9. The molecule has 1 aliphatic heterocycles. The number of sulfonamides is 2. The highest BCUT2D eigenvalue weighted by molar-refractivity contribution is 7.94. The van der Waals surface area contributed by atoms with Crippen molar-refractivity contribution < 1.29 is 36.2 Å². The summed E-state index contributed by atoms with van der Waals surface area (Å²) in [7, 11) is -6.17. The number of amides is 1. The van der Waals surface area contributed by atoms with Crippen LogP contribution in [0.2, 0.25) is 0 Å². The van der Waals surface area contributed by atoms with Crippen molar-refractivity contribution in [3.63, 3.8) is 0 Å². The van der Waals surface area contributed by atoms with E-state index < -0.39 is 38.1 Å². The molecule has 0 saturated carbocycles. The first-order valence-corrected chi connectivity index (χ1v) is 19.5. The van der Waals surface area contributed by atoms with E-state index in [1.54, 1.807) is 54.8 Å². The van der Waals surface area contributed by atoms with Gasteiger partial charge in [-0.1, -0.05) is 30.7 Å². The lowest BCUT2D eigenvalue weighted by molar-refractivity contribution is -0.00833. The summed E-state index contributed by atoms with van der Waals surface area (Å²) in [6.45, 7) is 7.64. The van der Waals surface area contributed by atoms with Crippen molar-refractivity contribution in [1.29, 1.82) is 0 Å². The van der Waals surface area contributed by atoms with E-state index in [-0.39, 0.29) is 52.1 Å². The minimum atomic E-state index is -3.88. The molecule has 0 fully saturated rings. The van der Waals surface area contributed by atoms with Gasteiger partial charge in [0.05, 0.1) is 35.3 Å². The Balaban J connectivity index is 1.67. The number of aliphatic hydroxyl groups is 1. The first-order valence-electron chi connectivity index (χ1n) is 15.7. The van der Waals surface area contributed by atoms with E-state index in [1.165, 1.54) is 28.4 Å². The number of nitrogens with one attached hydrogen (secondary N) is 1. The maximum absolute atomic E-state index is 14.3. The van der Waals surface area contributed by atoms with Crippen molar-refractivity contribution in [2.75, 3.05) is 38.1 Å². The Morgan fingerprint density at radius 3 is 2.47 bits per heavy atom. The number of benzene rings is 2. The zero-order valence-electron chi connectivity index (χ0n) is 27.5. The van der Waals surface area contributed by atoms with E-state index in [4.69, 9.17) is 9.47 Å². The number of fused-ring (bicyclic) bond motifs is 1. The third-order valence-electron chi connectivity index (χ3n) is 8.23. The Hall–Kier alpha value is -3.01. The minimum absolute atomic E-state index is 0.0532. The topological polar surface area (TPSA) is 143 Å². The zero-order valence-corrected chi connectivity index (χ0v) is 29.9. The molecule has 0 aliphatic carbocycles. The minimum Gasteiger partial charge on any atom is -0.490 e. The lowest BCUT2D eigenvalue weighted by atomic mass is 10.0. The number of thiophene rings is 1. The van der Waals surface area contributed by atoms with Crippen molar-refractivity contribution in [2.24, 2.45) is 5.92 Å². The first-order chi connectivity index (χ1) is 22.2. The first kappa shape index (κ1) is 36.8. The number of nitrogens with zero attached hydrogens (tertiary/aromatic N) is 2. The molecule has 2 heterocycles. The van der Waals surface area contributed by atoms with Gasteiger partial charge in [-0.25, -0.2) is 16.8 Å². The number of anilines is 1. The van der Waals surface area contributed by atoms with Crippen molar-refractivity contribution in [3.8, 4) is 5.75 Å². The second-order valence-corrected chi connectivity index (χ2v) is 17.0. The molecule has 2 N–H and O–H groups in total. The SMILES string of the molecule is Cc1ccc(S(=O)(=O)N(C)C[C@H]2OCCCC[C@H](C)Oc3ccc(NS(=O)(=O)c4cccs4)cc3C(=O)N([C@H](C)CO)C[C@H]2C)cc1. The van der Waals surface area contributed by atoms with Gasteiger partial charge in [-0.15, -0.1) is 11.3 Å². The maximum atomic E-state index is 14.3. The molecule has 0 saturated heterocycles. The summed E-state index contributed by atoms with van der Waals surface area (Å²) in [4.78, 5) is 16.0. The quantitative estimate of drug-likeness (QED) is 0.318. The molecule has 2 aromatic carbocycles. The molecule has 1 aromatic heterocycles. The number of carbonyl (C=O) groups is 1. The number of likely N-dealkylation sites (N-methyl/N-ethyl adjacent to an activating group) is 1. The predicted molar refractivity (Wildman–Crippen MR) is 183 cm³/mol. The van der Waals surface area contributed by atoms with Crippen molar-refractivity contribution in [2.45, 2.75) is 74.3 Å². The van der Waals surface area contributed by atoms with Crippen LogP contribution in [0.3, 0.4) is 0 Å². The van der Waals surface area contributed by atoms with Gasteiger partial charge in [0.1, 0.15) is 9.96 Å². The van der Waals surface area contributed by atoms with Crippen molar-refractivity contribution in [3.05, 3.63) is 71.1 Å². The molecule has 1 amide bonds. The molecule has 0 unspecified atom stereocenters. The molecule has 258 valence electrons. The number of aryl methyl sites for hydroxylation is 1. The van der Waals surface area contributed by atoms with Crippen LogP contribution in [-0.4, -0.2) is 88.7 Å². The molecule has 14 heteroatoms. The van der Waals surface area contributed by atoms with Crippen LogP contribution in [0.25, 0.3) is 0 Å². The Morgan fingerprint density at radius 1 is 1.09 bits per heavy atom. The van der Waals surface area contributed by atoms with Crippen LogP contribution in [0, 0.1) is 12.8 Å². The van der Waals surface area contributed by atoms with Gasteiger partial charge in [0.2, 0.25) is 10.0 Å². The summed E-state index contributed by atoms with van der Waals surface area (Å²) in [5.41, 5.74) is 1.28. The number of carbonyl (C=O) groups excluding carboxylic acids is 1. The van der Waals surface area contributed by atoms with E-state index in [0.717, 1.165) is 29.7 Å². The summed E-state index contributed by atoms with van der Waals surface area (Å²) in [6.07, 6.45) is 1.33. The van der Waals surface area contributed by atoms with Crippen LogP contribution < -0.4 is 9.46 Å². The third-order valence-corrected chi connectivity index (χ3v) is 12.8. The summed E-state index contributed by atoms with van der Waals surface area (Å²) >= 11 is 1.08. The molecule has 11 nitrogen and oxygen atoms in total. The Morgan fingerprint density at radius 2 is 1.81 bits per heavy atom. The molecule has 0 bridgehead atoms. The van der Waals surface area contributed by atoms with Crippen LogP contribution in [0.1, 0.15) is 56.0 Å². The van der Waals surface area contributed by atoms with Gasteiger partial charge in [-0.2, -0.15) is 4.31 Å². The van der Waals surface area contributed by atoms with E-state index >= 15 is 0 Å². The average molecular weight is 708 g/mol. The van der Waals surface area contributed by atoms with Crippen molar-refractivity contribution in [1.82, 2.24) is 9.21 Å². The van der Waals surface area contributed by atoms with Gasteiger partial charge in [0.15, 0.2) is 0 Å². The Kier molecular flexibility index (Phi) is 12.5. The lowest BCUT2D eigenvalue weighted by Crippen LogP contribution is -2.48. The molecule has 0 radical (unpaired) electrons. The van der Waals surface area contributed by atoms with Crippen LogP contribution in [0.4, 0.5) is 5.69 Å². The van der Waals surface area contributed by atoms with Gasteiger partial charge in [-0.05, 0) is 81.8 Å². The number of hydrogen-bond donors (Lipinski definition) is 2. The third kappa shape index (κ3) is 9.33. The van der Waals surface area contributed by atoms with Gasteiger partial charge in [-0.3, -0.25) is 9.52 Å². The largest absolute Gasteiger partial charge is 0.490 e. The maximum Gasteiger partial charge on any atom is 0.271 e. The van der Waals surface area contributed by atoms with Crippen LogP contribution in [0.15, 0.2) is 69.1 Å². The lowest BCUT2D eigenvalue weighted by Gasteiger charge is -2.35. The van der Waals surface area contributed by atoms with Gasteiger partial charge >= 0.3 is 0 Å². The molecular formula is C33H45N3O8S3. The van der Waals surface area contributed by atoms with Gasteiger partial charge < -0.3 is 19.5 Å². The molecule has 3 aromatic rings. The fraction of sp³-hybridized carbons (Fsp3) is 0.485. The van der Waals surface area contributed by atoms with Gasteiger partial charge in [0, 0.05) is 38.3 Å². The molecule has 47 heavy (non-hydrogen) atoms. The summed E-state index contributed by atoms with van der Waals surface area (Å²) < 4.78 is 69.4. The van der Waals surface area contributed by atoms with E-state index in [0.29, 0.717) is 18.8 Å².